The Morgan fingerprint density at radius 3 is 2.38 bits per heavy atom. The molecular weight excluding hydrogens is 421 g/mol. The van der Waals surface area contributed by atoms with Crippen molar-refractivity contribution >= 4 is 23.1 Å². The summed E-state index contributed by atoms with van der Waals surface area (Å²) in [6.07, 6.45) is -1.42. The minimum Gasteiger partial charge on any atom is -0.504 e. The van der Waals surface area contributed by atoms with E-state index in [1.54, 1.807) is 48.5 Å². The third kappa shape index (κ3) is 3.94. The van der Waals surface area contributed by atoms with Crippen LogP contribution in [0.2, 0.25) is 0 Å². The van der Waals surface area contributed by atoms with Gasteiger partial charge in [-0.15, -0.1) is 0 Å². The topological polar surface area (TPSA) is 64.3 Å². The lowest BCUT2D eigenvalue weighted by atomic mass is 10.1. The van der Waals surface area contributed by atoms with Crippen molar-refractivity contribution in [3.05, 3.63) is 94.0 Å². The van der Waals surface area contributed by atoms with Crippen LogP contribution in [0.15, 0.2) is 71.5 Å². The van der Waals surface area contributed by atoms with E-state index in [2.05, 4.69) is 4.98 Å². The first-order valence-corrected chi connectivity index (χ1v) is 9.53. The molecule has 0 saturated carbocycles. The number of rotatable bonds is 4. The number of phenolic OH excluding ortho intramolecular Hbond substituents is 1. The first-order valence-electron chi connectivity index (χ1n) is 9.53. The summed E-state index contributed by atoms with van der Waals surface area (Å²) in [5.74, 6) is 0.380. The zero-order valence-electron chi connectivity index (χ0n) is 16.8. The number of fused-ring (bicyclic) bond motifs is 1. The molecule has 0 unspecified atom stereocenters. The predicted molar refractivity (Wildman–Crippen MR) is 116 cm³/mol. The van der Waals surface area contributed by atoms with Gasteiger partial charge in [0.2, 0.25) is 0 Å². The number of nitrogens with zero attached hydrogens (tertiary/aromatic N) is 2. The summed E-state index contributed by atoms with van der Waals surface area (Å²) in [5, 5.41) is 10.6. The van der Waals surface area contributed by atoms with Crippen LogP contribution in [0.5, 0.6) is 11.5 Å². The van der Waals surface area contributed by atoms with Gasteiger partial charge in [0, 0.05) is 5.56 Å². The molecule has 0 radical (unpaired) electrons. The summed E-state index contributed by atoms with van der Waals surface area (Å²) in [7, 11) is 1.43. The highest BCUT2D eigenvalue weighted by Crippen LogP contribution is 2.31. The number of methoxy groups -OCH3 is 1. The number of hydrogen-bond donors (Lipinski definition) is 1. The molecule has 0 spiro atoms. The minimum atomic E-state index is -4.49. The molecule has 0 aliphatic carbocycles. The van der Waals surface area contributed by atoms with E-state index in [-0.39, 0.29) is 23.0 Å². The molecule has 4 aromatic rings. The number of ether oxygens (including phenoxy) is 1. The summed E-state index contributed by atoms with van der Waals surface area (Å²) in [6, 6.07) is 15.9. The van der Waals surface area contributed by atoms with Crippen molar-refractivity contribution in [1.82, 2.24) is 9.55 Å². The number of phenols is 1. The third-order valence-corrected chi connectivity index (χ3v) is 4.92. The van der Waals surface area contributed by atoms with Gasteiger partial charge in [0.1, 0.15) is 5.82 Å². The molecule has 0 aliphatic heterocycles. The van der Waals surface area contributed by atoms with Crippen LogP contribution in [0.4, 0.5) is 13.2 Å². The van der Waals surface area contributed by atoms with Crippen molar-refractivity contribution in [2.45, 2.75) is 6.18 Å². The largest absolute Gasteiger partial charge is 0.504 e. The van der Waals surface area contributed by atoms with Gasteiger partial charge in [-0.3, -0.25) is 9.36 Å². The van der Waals surface area contributed by atoms with Gasteiger partial charge >= 0.3 is 6.18 Å². The molecule has 0 saturated heterocycles. The van der Waals surface area contributed by atoms with Crippen LogP contribution in [0.25, 0.3) is 28.7 Å². The van der Waals surface area contributed by atoms with Crippen LogP contribution in [-0.2, 0) is 6.18 Å². The summed E-state index contributed by atoms with van der Waals surface area (Å²) in [4.78, 5) is 17.7. The van der Waals surface area contributed by atoms with Crippen LogP contribution in [0.3, 0.4) is 0 Å². The van der Waals surface area contributed by atoms with Crippen LogP contribution in [-0.4, -0.2) is 21.8 Å². The predicted octanol–water partition coefficient (Wildman–Crippen LogP) is 5.29. The minimum absolute atomic E-state index is 0.0875. The Balaban J connectivity index is 1.90. The fraction of sp³-hybridized carbons (Fsp3) is 0.0833. The van der Waals surface area contributed by atoms with Crippen molar-refractivity contribution in [2.24, 2.45) is 0 Å². The average molecular weight is 438 g/mol. The maximum Gasteiger partial charge on any atom is 0.416 e. The Kier molecular flexibility index (Phi) is 5.44. The second-order valence-electron chi connectivity index (χ2n) is 6.90. The SMILES string of the molecule is COc1cccc(/C=C/c2nc3ccccc3c(=O)n2-c2ccc(C(F)(F)F)cc2)c1O. The van der Waals surface area contributed by atoms with E-state index in [9.17, 15) is 23.1 Å². The number of alkyl halides is 3. The highest BCUT2D eigenvalue weighted by molar-refractivity contribution is 5.80. The van der Waals surface area contributed by atoms with Gasteiger partial charge in [-0.05, 0) is 54.6 Å². The van der Waals surface area contributed by atoms with E-state index >= 15 is 0 Å². The summed E-state index contributed by atoms with van der Waals surface area (Å²) >= 11 is 0. The lowest BCUT2D eigenvalue weighted by molar-refractivity contribution is -0.137. The maximum atomic E-state index is 13.2. The molecule has 8 heteroatoms. The van der Waals surface area contributed by atoms with Crippen molar-refractivity contribution in [3.8, 4) is 17.2 Å². The molecule has 4 rings (SSSR count). The molecule has 3 aromatic carbocycles. The van der Waals surface area contributed by atoms with Gasteiger partial charge in [0.25, 0.3) is 5.56 Å². The van der Waals surface area contributed by atoms with Gasteiger partial charge < -0.3 is 9.84 Å². The fourth-order valence-corrected chi connectivity index (χ4v) is 3.31. The Bertz CT molecular complexity index is 1370. The molecule has 0 bridgehead atoms. The molecule has 162 valence electrons. The zero-order valence-corrected chi connectivity index (χ0v) is 16.8. The van der Waals surface area contributed by atoms with Crippen LogP contribution in [0.1, 0.15) is 17.0 Å². The van der Waals surface area contributed by atoms with E-state index in [0.717, 1.165) is 12.1 Å². The Morgan fingerprint density at radius 2 is 1.69 bits per heavy atom. The van der Waals surface area contributed by atoms with E-state index in [1.807, 2.05) is 0 Å². The van der Waals surface area contributed by atoms with Crippen molar-refractivity contribution in [3.63, 3.8) is 0 Å². The molecule has 1 N–H and O–H groups in total. The van der Waals surface area contributed by atoms with Gasteiger partial charge in [0.15, 0.2) is 11.5 Å². The molecular formula is C24H17F3N2O3. The highest BCUT2D eigenvalue weighted by Gasteiger charge is 2.30. The second-order valence-corrected chi connectivity index (χ2v) is 6.90. The highest BCUT2D eigenvalue weighted by atomic mass is 19.4. The van der Waals surface area contributed by atoms with E-state index in [4.69, 9.17) is 4.74 Å². The first kappa shape index (κ1) is 21.2. The number of para-hydroxylation sites is 2. The van der Waals surface area contributed by atoms with E-state index < -0.39 is 17.3 Å². The normalized spacial score (nSPS) is 11.9. The van der Waals surface area contributed by atoms with Crippen LogP contribution >= 0.6 is 0 Å². The third-order valence-electron chi connectivity index (χ3n) is 4.92. The standard InChI is InChI=1S/C24H17F3N2O3/c1-32-20-8-4-5-15(22(20)30)9-14-21-28-19-7-3-2-6-18(19)23(31)29(21)17-12-10-16(11-13-17)24(25,26)27/h2-14,30H,1H3/b14-9+. The molecule has 1 aromatic heterocycles. The number of benzene rings is 3. The molecule has 1 heterocycles. The van der Waals surface area contributed by atoms with Gasteiger partial charge in [0.05, 0.1) is 29.3 Å². The molecule has 32 heavy (non-hydrogen) atoms. The fourth-order valence-electron chi connectivity index (χ4n) is 3.31. The quantitative estimate of drug-likeness (QED) is 0.470. The number of aromatic hydroxyl groups is 1. The van der Waals surface area contributed by atoms with Crippen molar-refractivity contribution < 1.29 is 23.0 Å². The molecule has 0 aliphatic rings. The second kappa shape index (κ2) is 8.22. The number of hydrogen-bond acceptors (Lipinski definition) is 4. The maximum absolute atomic E-state index is 13.2. The van der Waals surface area contributed by atoms with E-state index in [1.165, 1.54) is 29.9 Å². The molecule has 0 fully saturated rings. The van der Waals surface area contributed by atoms with E-state index in [0.29, 0.717) is 16.5 Å². The summed E-state index contributed by atoms with van der Waals surface area (Å²) in [5.41, 5.74) is -0.150. The number of aromatic nitrogens is 2. The van der Waals surface area contributed by atoms with Crippen molar-refractivity contribution in [2.75, 3.05) is 7.11 Å². The Morgan fingerprint density at radius 1 is 0.969 bits per heavy atom. The van der Waals surface area contributed by atoms with Crippen LogP contribution in [0, 0.1) is 0 Å². The summed E-state index contributed by atoms with van der Waals surface area (Å²) < 4.78 is 45.2. The monoisotopic (exact) mass is 438 g/mol. The molecule has 0 amide bonds. The molecule has 0 atom stereocenters. The lowest BCUT2D eigenvalue weighted by Gasteiger charge is -2.13. The Labute approximate surface area is 180 Å². The van der Waals surface area contributed by atoms with Gasteiger partial charge in [-0.1, -0.05) is 24.3 Å². The smallest absolute Gasteiger partial charge is 0.416 e. The van der Waals surface area contributed by atoms with Crippen molar-refractivity contribution in [1.29, 1.82) is 0 Å². The molecule has 5 nitrogen and oxygen atoms in total. The first-order chi connectivity index (χ1) is 15.3. The lowest BCUT2D eigenvalue weighted by Crippen LogP contribution is -2.22. The average Bonchev–Trinajstić information content (AvgIpc) is 2.78. The Hall–Kier alpha value is -4.07. The number of halogens is 3. The van der Waals surface area contributed by atoms with Gasteiger partial charge in [-0.2, -0.15) is 13.2 Å². The summed E-state index contributed by atoms with van der Waals surface area (Å²) in [6.45, 7) is 0. The van der Waals surface area contributed by atoms with Crippen LogP contribution < -0.4 is 10.3 Å². The zero-order chi connectivity index (χ0) is 22.9. The van der Waals surface area contributed by atoms with Gasteiger partial charge in [-0.25, -0.2) is 4.98 Å².